The minimum absolute atomic E-state index is 0.179. The molecule has 0 unspecified atom stereocenters. The molecule has 20 heavy (non-hydrogen) atoms. The lowest BCUT2D eigenvalue weighted by molar-refractivity contribution is -0.137. The van der Waals surface area contributed by atoms with Crippen LogP contribution in [0.3, 0.4) is 0 Å². The molecule has 0 atom stereocenters. The monoisotopic (exact) mass is 291 g/mol. The molecule has 112 valence electrons. The zero-order valence-corrected chi connectivity index (χ0v) is 11.0. The summed E-state index contributed by atoms with van der Waals surface area (Å²) in [5.74, 6) is -0.261. The third kappa shape index (κ3) is 5.38. The molecule has 2 N–H and O–H groups in total. The van der Waals surface area contributed by atoms with Crippen LogP contribution in [0.1, 0.15) is 30.1 Å². The first-order valence-electron chi connectivity index (χ1n) is 6.09. The Hall–Kier alpha value is -1.92. The van der Waals surface area contributed by atoms with Gasteiger partial charge in [-0.3, -0.25) is 0 Å². The molecule has 0 bridgehead atoms. The van der Waals surface area contributed by atoms with Gasteiger partial charge in [-0.1, -0.05) is 0 Å². The molecular formula is C13H16F3NO3. The minimum Gasteiger partial charge on any atom is -0.492 e. The number of hydrogen-bond donors (Lipinski definition) is 1. The summed E-state index contributed by atoms with van der Waals surface area (Å²) in [7, 11) is 0. The lowest BCUT2D eigenvalue weighted by Crippen LogP contribution is -2.12. The van der Waals surface area contributed by atoms with Crippen LogP contribution in [0.2, 0.25) is 0 Å². The maximum absolute atomic E-state index is 11.9. The van der Waals surface area contributed by atoms with E-state index in [4.69, 9.17) is 15.2 Å². The summed E-state index contributed by atoms with van der Waals surface area (Å²) in [6, 6.07) is 4.34. The van der Waals surface area contributed by atoms with Crippen LogP contribution in [0.15, 0.2) is 18.2 Å². The van der Waals surface area contributed by atoms with Crippen molar-refractivity contribution in [1.29, 1.82) is 0 Å². The zero-order chi connectivity index (χ0) is 15.2. The van der Waals surface area contributed by atoms with Gasteiger partial charge in [-0.05, 0) is 31.5 Å². The van der Waals surface area contributed by atoms with Crippen molar-refractivity contribution in [3.8, 4) is 5.75 Å². The summed E-state index contributed by atoms with van der Waals surface area (Å²) in [6.45, 7) is 1.94. The molecule has 7 heteroatoms. The highest BCUT2D eigenvalue weighted by atomic mass is 19.4. The summed E-state index contributed by atoms with van der Waals surface area (Å²) in [5.41, 5.74) is 6.13. The van der Waals surface area contributed by atoms with Crippen molar-refractivity contribution in [1.82, 2.24) is 0 Å². The van der Waals surface area contributed by atoms with E-state index in [0.29, 0.717) is 12.4 Å². The number of carbonyl (C=O) groups is 1. The molecule has 0 aromatic heterocycles. The van der Waals surface area contributed by atoms with Crippen molar-refractivity contribution in [2.75, 3.05) is 18.9 Å². The van der Waals surface area contributed by atoms with Gasteiger partial charge in [-0.25, -0.2) is 4.79 Å². The third-order valence-electron chi connectivity index (χ3n) is 2.38. The third-order valence-corrected chi connectivity index (χ3v) is 2.38. The van der Waals surface area contributed by atoms with Crippen molar-refractivity contribution >= 4 is 11.7 Å². The number of esters is 1. The van der Waals surface area contributed by atoms with Crippen LogP contribution in [0.5, 0.6) is 5.75 Å². The summed E-state index contributed by atoms with van der Waals surface area (Å²) in [5, 5.41) is 0. The van der Waals surface area contributed by atoms with Crippen molar-refractivity contribution in [2.45, 2.75) is 25.9 Å². The second-order valence-electron chi connectivity index (χ2n) is 4.04. The number of benzene rings is 1. The quantitative estimate of drug-likeness (QED) is 0.497. The number of nitrogen functional groups attached to an aromatic ring is 1. The highest BCUT2D eigenvalue weighted by Gasteiger charge is 2.26. The van der Waals surface area contributed by atoms with Crippen LogP contribution in [0.25, 0.3) is 0 Å². The fraction of sp³-hybridized carbons (Fsp3) is 0.462. The second-order valence-corrected chi connectivity index (χ2v) is 4.04. The standard InChI is InChI=1S/C13H16F3NO3/c1-2-19-11-5-4-9(8-10(11)17)12(18)20-7-3-6-13(14,15)16/h4-5,8H,2-3,6-7,17H2,1H3. The molecule has 1 aromatic rings. The first-order valence-corrected chi connectivity index (χ1v) is 6.09. The van der Waals surface area contributed by atoms with E-state index in [1.807, 2.05) is 0 Å². The van der Waals surface area contributed by atoms with Gasteiger partial charge < -0.3 is 15.2 Å². The molecule has 0 fully saturated rings. The highest BCUT2D eigenvalue weighted by molar-refractivity contribution is 5.91. The molecule has 0 saturated carbocycles. The maximum atomic E-state index is 11.9. The number of nitrogens with two attached hydrogens (primary N) is 1. The average molecular weight is 291 g/mol. The van der Waals surface area contributed by atoms with E-state index in [9.17, 15) is 18.0 Å². The van der Waals surface area contributed by atoms with Crippen molar-refractivity contribution < 1.29 is 27.4 Å². The average Bonchev–Trinajstić information content (AvgIpc) is 2.36. The van der Waals surface area contributed by atoms with Gasteiger partial charge in [0, 0.05) is 6.42 Å². The Morgan fingerprint density at radius 3 is 2.60 bits per heavy atom. The van der Waals surface area contributed by atoms with Gasteiger partial charge in [-0.15, -0.1) is 0 Å². The van der Waals surface area contributed by atoms with Crippen LogP contribution >= 0.6 is 0 Å². The number of anilines is 1. The fourth-order valence-electron chi connectivity index (χ4n) is 1.48. The summed E-state index contributed by atoms with van der Waals surface area (Å²) >= 11 is 0. The topological polar surface area (TPSA) is 61.5 Å². The van der Waals surface area contributed by atoms with Crippen LogP contribution in [-0.4, -0.2) is 25.4 Å². The number of carbonyl (C=O) groups excluding carboxylic acids is 1. The normalized spacial score (nSPS) is 11.2. The molecule has 1 rings (SSSR count). The lowest BCUT2D eigenvalue weighted by atomic mass is 10.2. The predicted molar refractivity (Wildman–Crippen MR) is 67.6 cm³/mol. The van der Waals surface area contributed by atoms with Gasteiger partial charge in [0.15, 0.2) is 0 Å². The van der Waals surface area contributed by atoms with Crippen molar-refractivity contribution in [3.63, 3.8) is 0 Å². The summed E-state index contributed by atoms with van der Waals surface area (Å²) < 4.78 is 45.7. The summed E-state index contributed by atoms with van der Waals surface area (Å²) in [6.07, 6.45) is -5.48. The zero-order valence-electron chi connectivity index (χ0n) is 11.0. The van der Waals surface area contributed by atoms with Gasteiger partial charge >= 0.3 is 12.1 Å². The van der Waals surface area contributed by atoms with Crippen LogP contribution in [0, 0.1) is 0 Å². The van der Waals surface area contributed by atoms with E-state index in [1.54, 1.807) is 6.92 Å². The van der Waals surface area contributed by atoms with Gasteiger partial charge in [0.25, 0.3) is 0 Å². The van der Waals surface area contributed by atoms with Gasteiger partial charge in [0.1, 0.15) is 5.75 Å². The number of rotatable bonds is 6. The first-order chi connectivity index (χ1) is 9.33. The van der Waals surface area contributed by atoms with Crippen LogP contribution < -0.4 is 10.5 Å². The van der Waals surface area contributed by atoms with E-state index < -0.39 is 18.6 Å². The van der Waals surface area contributed by atoms with Crippen molar-refractivity contribution in [3.05, 3.63) is 23.8 Å². The van der Waals surface area contributed by atoms with Crippen LogP contribution in [-0.2, 0) is 4.74 Å². The van der Waals surface area contributed by atoms with E-state index >= 15 is 0 Å². The smallest absolute Gasteiger partial charge is 0.389 e. The predicted octanol–water partition coefficient (Wildman–Crippen LogP) is 3.17. The molecule has 0 amide bonds. The second kappa shape index (κ2) is 7.02. The minimum atomic E-state index is -4.24. The molecule has 0 radical (unpaired) electrons. The lowest BCUT2D eigenvalue weighted by Gasteiger charge is -2.09. The molecule has 0 aliphatic carbocycles. The molecule has 0 aliphatic heterocycles. The number of hydrogen-bond acceptors (Lipinski definition) is 4. The Labute approximate surface area is 114 Å². The molecule has 0 heterocycles. The Balaban J connectivity index is 2.49. The van der Waals surface area contributed by atoms with E-state index in [-0.39, 0.29) is 24.3 Å². The fourth-order valence-corrected chi connectivity index (χ4v) is 1.48. The molecule has 1 aromatic carbocycles. The molecule has 0 saturated heterocycles. The molecular weight excluding hydrogens is 275 g/mol. The number of ether oxygens (including phenoxy) is 2. The number of alkyl halides is 3. The highest BCUT2D eigenvalue weighted by Crippen LogP contribution is 2.23. The van der Waals surface area contributed by atoms with Gasteiger partial charge in [0.05, 0.1) is 24.5 Å². The molecule has 4 nitrogen and oxygen atoms in total. The number of halogens is 3. The molecule has 0 spiro atoms. The first kappa shape index (κ1) is 16.1. The van der Waals surface area contributed by atoms with E-state index in [1.165, 1.54) is 18.2 Å². The summed E-state index contributed by atoms with van der Waals surface area (Å²) in [4.78, 5) is 11.6. The van der Waals surface area contributed by atoms with Crippen molar-refractivity contribution in [2.24, 2.45) is 0 Å². The Kier molecular flexibility index (Phi) is 5.66. The Morgan fingerprint density at radius 1 is 1.35 bits per heavy atom. The van der Waals surface area contributed by atoms with Crippen LogP contribution in [0.4, 0.5) is 18.9 Å². The largest absolute Gasteiger partial charge is 0.492 e. The maximum Gasteiger partial charge on any atom is 0.389 e. The SMILES string of the molecule is CCOc1ccc(C(=O)OCCCC(F)(F)F)cc1N. The Morgan fingerprint density at radius 2 is 2.05 bits per heavy atom. The van der Waals surface area contributed by atoms with Gasteiger partial charge in [0.2, 0.25) is 0 Å². The van der Waals surface area contributed by atoms with E-state index in [0.717, 1.165) is 0 Å². The van der Waals surface area contributed by atoms with Gasteiger partial charge in [-0.2, -0.15) is 13.2 Å². The Bertz CT molecular complexity index is 461. The molecule has 0 aliphatic rings. The van der Waals surface area contributed by atoms with E-state index in [2.05, 4.69) is 0 Å².